The lowest BCUT2D eigenvalue weighted by Gasteiger charge is -2.37. The normalized spacial score (nSPS) is 33.0. The summed E-state index contributed by atoms with van der Waals surface area (Å²) >= 11 is 0. The minimum atomic E-state index is -1.38. The molecule has 1 amide bonds. The van der Waals surface area contributed by atoms with Crippen LogP contribution in [0.2, 0.25) is 0 Å². The molecular weight excluding hydrogens is 252 g/mol. The number of carbonyl (C=O) groups is 1. The van der Waals surface area contributed by atoms with E-state index in [-0.39, 0.29) is 5.69 Å². The molecule has 7 heteroatoms. The smallest absolute Gasteiger partial charge is 0.318 e. The molecule has 1 aromatic rings. The van der Waals surface area contributed by atoms with Crippen LogP contribution in [-0.2, 0) is 0 Å². The summed E-state index contributed by atoms with van der Waals surface area (Å²) in [6.45, 7) is 0. The van der Waals surface area contributed by atoms with Gasteiger partial charge in [-0.05, 0) is 17.7 Å². The highest BCUT2D eigenvalue weighted by molar-refractivity contribution is 6.01. The molecule has 100 valence electrons. The van der Waals surface area contributed by atoms with Gasteiger partial charge in [0.1, 0.15) is 18.3 Å². The van der Waals surface area contributed by atoms with E-state index in [1.165, 1.54) is 18.3 Å². The Morgan fingerprint density at radius 2 is 2.00 bits per heavy atom. The minimum absolute atomic E-state index is 0.0826. The van der Waals surface area contributed by atoms with Gasteiger partial charge in [-0.1, -0.05) is 0 Å². The number of aliphatic hydroxyl groups is 3. The van der Waals surface area contributed by atoms with Gasteiger partial charge in [0.05, 0.1) is 11.6 Å². The fraction of sp³-hybridized carbons (Fsp3) is 0.333. The molecule has 0 saturated heterocycles. The first-order valence-electron chi connectivity index (χ1n) is 5.80. The molecule has 4 atom stereocenters. The van der Waals surface area contributed by atoms with Crippen LogP contribution in [0.5, 0.6) is 0 Å². The second kappa shape index (κ2) is 4.02. The molecule has 2 heterocycles. The third kappa shape index (κ3) is 1.63. The van der Waals surface area contributed by atoms with Gasteiger partial charge < -0.3 is 25.8 Å². The maximum Gasteiger partial charge on any atom is 0.318 e. The van der Waals surface area contributed by atoms with Crippen molar-refractivity contribution < 1.29 is 24.8 Å². The number of aliphatic hydroxyl groups excluding tert-OH is 3. The number of carbonyl (C=O) groups excluding carboxylic acids is 1. The van der Waals surface area contributed by atoms with Crippen molar-refractivity contribution in [1.29, 1.82) is 0 Å². The van der Waals surface area contributed by atoms with Crippen molar-refractivity contribution in [2.24, 2.45) is 0 Å². The Morgan fingerprint density at radius 3 is 2.74 bits per heavy atom. The maximum absolute atomic E-state index is 11.9. The van der Waals surface area contributed by atoms with Crippen LogP contribution in [0.1, 0.15) is 16.1 Å². The van der Waals surface area contributed by atoms with E-state index in [1.54, 1.807) is 6.07 Å². The summed E-state index contributed by atoms with van der Waals surface area (Å²) in [4.78, 5) is 11.9. The lowest BCUT2D eigenvalue weighted by atomic mass is 9.81. The average Bonchev–Trinajstić information content (AvgIpc) is 2.38. The molecule has 19 heavy (non-hydrogen) atoms. The van der Waals surface area contributed by atoms with Gasteiger partial charge in [0.25, 0.3) is 5.69 Å². The molecule has 4 N–H and O–H groups in total. The van der Waals surface area contributed by atoms with Crippen LogP contribution in [0, 0.1) is 5.21 Å². The lowest BCUT2D eigenvalue weighted by Crippen LogP contribution is -2.59. The SMILES string of the molecule is O=C1N[C@@H]2C(=C[C@H](O)[C@@H](O)[C@H]2O)c2ccc[n+]([O-])c21. The largest absolute Gasteiger partial charge is 0.618 e. The van der Waals surface area contributed by atoms with Crippen LogP contribution in [0.4, 0.5) is 0 Å². The first kappa shape index (κ1) is 12.1. The van der Waals surface area contributed by atoms with E-state index in [2.05, 4.69) is 5.32 Å². The van der Waals surface area contributed by atoms with Gasteiger partial charge in [-0.2, -0.15) is 4.73 Å². The van der Waals surface area contributed by atoms with E-state index in [9.17, 15) is 25.3 Å². The monoisotopic (exact) mass is 264 g/mol. The standard InChI is InChI=1S/C12H12N2O5/c15-7-4-6-5-2-1-3-14(19)9(5)12(18)13-8(6)11(17)10(7)16/h1-4,7-8,10-11,15-17H,(H,13,18)/t7-,8+,10+,11-/m0/s1. The van der Waals surface area contributed by atoms with Gasteiger partial charge >= 0.3 is 5.91 Å². The predicted molar refractivity (Wildman–Crippen MR) is 62.7 cm³/mol. The summed E-state index contributed by atoms with van der Waals surface area (Å²) in [6.07, 6.45) is -1.40. The van der Waals surface area contributed by atoms with Crippen LogP contribution in [0.15, 0.2) is 24.4 Å². The Hall–Kier alpha value is -1.96. The number of pyridine rings is 1. The minimum Gasteiger partial charge on any atom is -0.618 e. The topological polar surface area (TPSA) is 117 Å². The first-order valence-corrected chi connectivity index (χ1v) is 5.80. The Kier molecular flexibility index (Phi) is 2.56. The summed E-state index contributed by atoms with van der Waals surface area (Å²) in [5.74, 6) is -0.615. The summed E-state index contributed by atoms with van der Waals surface area (Å²) in [5, 5.41) is 43.3. The second-order valence-electron chi connectivity index (χ2n) is 4.64. The molecule has 0 aromatic carbocycles. The van der Waals surface area contributed by atoms with E-state index in [4.69, 9.17) is 0 Å². The molecule has 1 aliphatic carbocycles. The molecule has 7 nitrogen and oxygen atoms in total. The van der Waals surface area contributed by atoms with Crippen molar-refractivity contribution in [3.63, 3.8) is 0 Å². The third-order valence-corrected chi connectivity index (χ3v) is 3.50. The Balaban J connectivity index is 2.20. The van der Waals surface area contributed by atoms with Crippen LogP contribution in [-0.4, -0.2) is 45.6 Å². The number of hydrogen-bond donors (Lipinski definition) is 4. The van der Waals surface area contributed by atoms with Gasteiger partial charge in [0.15, 0.2) is 6.20 Å². The highest BCUT2D eigenvalue weighted by Crippen LogP contribution is 2.32. The molecular formula is C12H12N2O5. The molecule has 0 fully saturated rings. The Bertz CT molecular complexity index is 585. The van der Waals surface area contributed by atoms with Crippen molar-refractivity contribution in [1.82, 2.24) is 5.32 Å². The van der Waals surface area contributed by atoms with Gasteiger partial charge in [-0.15, -0.1) is 0 Å². The third-order valence-electron chi connectivity index (χ3n) is 3.50. The van der Waals surface area contributed by atoms with Crippen molar-refractivity contribution in [2.45, 2.75) is 24.4 Å². The summed E-state index contributed by atoms with van der Waals surface area (Å²) in [7, 11) is 0. The Labute approximate surface area is 108 Å². The van der Waals surface area contributed by atoms with Crippen molar-refractivity contribution in [2.75, 3.05) is 0 Å². The van der Waals surface area contributed by atoms with Crippen molar-refractivity contribution in [3.05, 3.63) is 40.9 Å². The average molecular weight is 264 g/mol. The predicted octanol–water partition coefficient (Wildman–Crippen LogP) is -2.09. The van der Waals surface area contributed by atoms with Gasteiger partial charge in [0, 0.05) is 6.07 Å². The first-order chi connectivity index (χ1) is 9.00. The van der Waals surface area contributed by atoms with E-state index in [0.29, 0.717) is 15.9 Å². The van der Waals surface area contributed by atoms with Gasteiger partial charge in [0.2, 0.25) is 0 Å². The number of nitrogens with one attached hydrogen (secondary N) is 1. The van der Waals surface area contributed by atoms with E-state index < -0.39 is 30.3 Å². The molecule has 3 rings (SSSR count). The number of aromatic nitrogens is 1. The van der Waals surface area contributed by atoms with Gasteiger partial charge in [-0.25, -0.2) is 0 Å². The molecule has 0 bridgehead atoms. The zero-order valence-electron chi connectivity index (χ0n) is 9.72. The molecule has 0 saturated carbocycles. The van der Waals surface area contributed by atoms with Crippen LogP contribution in [0.25, 0.3) is 5.57 Å². The Morgan fingerprint density at radius 1 is 1.26 bits per heavy atom. The molecule has 0 radical (unpaired) electrons. The second-order valence-corrected chi connectivity index (χ2v) is 4.64. The molecule has 1 aliphatic heterocycles. The zero-order chi connectivity index (χ0) is 13.7. The highest BCUT2D eigenvalue weighted by Gasteiger charge is 2.44. The molecule has 0 spiro atoms. The maximum atomic E-state index is 11.9. The molecule has 0 unspecified atom stereocenters. The van der Waals surface area contributed by atoms with Gasteiger partial charge in [-0.3, -0.25) is 4.79 Å². The number of amides is 1. The fourth-order valence-electron chi connectivity index (χ4n) is 2.54. The van der Waals surface area contributed by atoms with Crippen LogP contribution in [0.3, 0.4) is 0 Å². The number of rotatable bonds is 0. The number of fused-ring (bicyclic) bond motifs is 3. The van der Waals surface area contributed by atoms with E-state index in [1.807, 2.05) is 0 Å². The van der Waals surface area contributed by atoms with Crippen molar-refractivity contribution in [3.8, 4) is 0 Å². The number of hydrogen-bond acceptors (Lipinski definition) is 5. The summed E-state index contributed by atoms with van der Waals surface area (Å²) in [6, 6.07) is 2.21. The molecule has 2 aliphatic rings. The van der Waals surface area contributed by atoms with E-state index in [0.717, 1.165) is 0 Å². The van der Waals surface area contributed by atoms with E-state index >= 15 is 0 Å². The van der Waals surface area contributed by atoms with Crippen LogP contribution >= 0.6 is 0 Å². The molecule has 1 aromatic heterocycles. The van der Waals surface area contributed by atoms with Crippen LogP contribution < -0.4 is 10.0 Å². The fourth-order valence-corrected chi connectivity index (χ4v) is 2.54. The highest BCUT2D eigenvalue weighted by atomic mass is 16.5. The quantitative estimate of drug-likeness (QED) is 0.317. The summed E-state index contributed by atoms with van der Waals surface area (Å²) < 4.78 is 0.436. The summed E-state index contributed by atoms with van der Waals surface area (Å²) in [5.41, 5.74) is 0.710. The number of nitrogens with zero attached hydrogens (tertiary/aromatic N) is 1. The van der Waals surface area contributed by atoms with Crippen molar-refractivity contribution >= 4 is 11.5 Å². The zero-order valence-corrected chi connectivity index (χ0v) is 9.72. The lowest BCUT2D eigenvalue weighted by molar-refractivity contribution is -0.608.